The maximum atomic E-state index is 9.60. The Kier molecular flexibility index (Phi) is 2.20. The van der Waals surface area contributed by atoms with Gasteiger partial charge in [0.2, 0.25) is 0 Å². The maximum Gasteiger partial charge on any atom is 0.0983 e. The Labute approximate surface area is 79.6 Å². The molecule has 1 saturated carbocycles. The van der Waals surface area contributed by atoms with Crippen LogP contribution in [0.25, 0.3) is 0 Å². The van der Waals surface area contributed by atoms with Gasteiger partial charge in [0.25, 0.3) is 0 Å². The number of hydrogen-bond acceptors (Lipinski definition) is 2. The highest BCUT2D eigenvalue weighted by molar-refractivity contribution is 5.16. The highest BCUT2D eigenvalue weighted by atomic mass is 16.6. The smallest absolute Gasteiger partial charge is 0.0983 e. The Morgan fingerprint density at radius 1 is 1.62 bits per heavy atom. The molecule has 3 atom stereocenters. The van der Waals surface area contributed by atoms with Crippen LogP contribution < -0.4 is 0 Å². The fraction of sp³-hybridized carbons (Fsp3) is 0.818. The normalized spacial score (nSPS) is 45.3. The summed E-state index contributed by atoms with van der Waals surface area (Å²) < 4.78 is 5.57. The van der Waals surface area contributed by atoms with Gasteiger partial charge >= 0.3 is 0 Å². The fourth-order valence-electron chi connectivity index (χ4n) is 2.43. The highest BCUT2D eigenvalue weighted by Gasteiger charge is 2.54. The molecule has 0 aromatic heterocycles. The van der Waals surface area contributed by atoms with E-state index in [1.165, 1.54) is 5.57 Å². The van der Waals surface area contributed by atoms with Crippen molar-refractivity contribution in [3.8, 4) is 0 Å². The first-order valence-electron chi connectivity index (χ1n) is 5.13. The third-order valence-corrected chi connectivity index (χ3v) is 3.56. The van der Waals surface area contributed by atoms with Crippen molar-refractivity contribution in [2.45, 2.75) is 44.8 Å². The summed E-state index contributed by atoms with van der Waals surface area (Å²) in [6, 6.07) is 0. The number of rotatable bonds is 1. The van der Waals surface area contributed by atoms with Crippen molar-refractivity contribution in [1.82, 2.24) is 0 Å². The van der Waals surface area contributed by atoms with Gasteiger partial charge in [-0.15, -0.1) is 0 Å². The molecule has 1 spiro atoms. The predicted octanol–water partition coefficient (Wildman–Crippen LogP) is 1.88. The van der Waals surface area contributed by atoms with Crippen LogP contribution in [-0.2, 0) is 4.74 Å². The number of ether oxygens (including phenoxy) is 1. The molecule has 0 aromatic carbocycles. The van der Waals surface area contributed by atoms with E-state index in [2.05, 4.69) is 19.9 Å². The van der Waals surface area contributed by atoms with Gasteiger partial charge in [-0.1, -0.05) is 11.6 Å². The lowest BCUT2D eigenvalue weighted by Gasteiger charge is -2.32. The molecule has 0 bridgehead atoms. The summed E-state index contributed by atoms with van der Waals surface area (Å²) in [5.41, 5.74) is 1.49. The molecule has 1 heterocycles. The van der Waals surface area contributed by atoms with Gasteiger partial charge in [0.1, 0.15) is 0 Å². The molecule has 1 N–H and O–H groups in total. The largest absolute Gasteiger partial charge is 0.393 e. The average Bonchev–Trinajstić information content (AvgIpc) is 2.90. The van der Waals surface area contributed by atoms with Gasteiger partial charge in [0.15, 0.2) is 0 Å². The van der Waals surface area contributed by atoms with E-state index < -0.39 is 0 Å². The molecule has 0 aromatic rings. The minimum atomic E-state index is -0.116. The maximum absolute atomic E-state index is 9.60. The Bertz CT molecular complexity index is 228. The summed E-state index contributed by atoms with van der Waals surface area (Å²) in [5, 5.41) is 9.60. The van der Waals surface area contributed by atoms with E-state index in [0.717, 1.165) is 25.9 Å². The van der Waals surface area contributed by atoms with Crippen molar-refractivity contribution in [1.29, 1.82) is 0 Å². The number of allylic oxidation sites excluding steroid dienone is 1. The van der Waals surface area contributed by atoms with Crippen molar-refractivity contribution in [2.24, 2.45) is 5.92 Å². The van der Waals surface area contributed by atoms with Crippen LogP contribution in [0.15, 0.2) is 11.6 Å². The van der Waals surface area contributed by atoms with E-state index in [0.29, 0.717) is 5.92 Å². The monoisotopic (exact) mass is 182 g/mol. The van der Waals surface area contributed by atoms with Crippen molar-refractivity contribution < 1.29 is 9.84 Å². The molecule has 0 amide bonds. The van der Waals surface area contributed by atoms with Crippen LogP contribution >= 0.6 is 0 Å². The SMILES string of the molecule is CC=C(C)[C@H]1C[C@@H](O)CC[C@]12CO2. The van der Waals surface area contributed by atoms with Gasteiger partial charge in [-0.2, -0.15) is 0 Å². The van der Waals surface area contributed by atoms with Crippen molar-refractivity contribution >= 4 is 0 Å². The summed E-state index contributed by atoms with van der Waals surface area (Å²) in [4.78, 5) is 0. The van der Waals surface area contributed by atoms with Crippen LogP contribution in [0.4, 0.5) is 0 Å². The molecular formula is C11H18O2. The molecule has 1 aliphatic heterocycles. The molecule has 2 heteroatoms. The predicted molar refractivity (Wildman–Crippen MR) is 51.5 cm³/mol. The first-order valence-corrected chi connectivity index (χ1v) is 5.13. The molecule has 1 saturated heterocycles. The van der Waals surface area contributed by atoms with Crippen molar-refractivity contribution in [3.63, 3.8) is 0 Å². The van der Waals surface area contributed by atoms with Gasteiger partial charge in [0.05, 0.1) is 18.3 Å². The third-order valence-electron chi connectivity index (χ3n) is 3.56. The number of aliphatic hydroxyl groups excluding tert-OH is 1. The van der Waals surface area contributed by atoms with E-state index in [4.69, 9.17) is 4.74 Å². The highest BCUT2D eigenvalue weighted by Crippen LogP contribution is 2.48. The zero-order valence-corrected chi connectivity index (χ0v) is 8.42. The number of aliphatic hydroxyl groups is 1. The molecule has 74 valence electrons. The van der Waals surface area contributed by atoms with Gasteiger partial charge in [-0.05, 0) is 33.1 Å². The van der Waals surface area contributed by atoms with E-state index in [1.54, 1.807) is 0 Å². The minimum Gasteiger partial charge on any atom is -0.393 e. The van der Waals surface area contributed by atoms with Gasteiger partial charge in [-0.3, -0.25) is 0 Å². The van der Waals surface area contributed by atoms with Crippen LogP contribution in [0, 0.1) is 5.92 Å². The quantitative estimate of drug-likeness (QED) is 0.496. The lowest BCUT2D eigenvalue weighted by Crippen LogP contribution is -2.35. The zero-order chi connectivity index (χ0) is 9.47. The Morgan fingerprint density at radius 2 is 2.31 bits per heavy atom. The molecule has 2 fully saturated rings. The second kappa shape index (κ2) is 3.10. The molecule has 2 nitrogen and oxygen atoms in total. The zero-order valence-electron chi connectivity index (χ0n) is 8.42. The lowest BCUT2D eigenvalue weighted by atomic mass is 9.74. The van der Waals surface area contributed by atoms with Crippen LogP contribution in [0.2, 0.25) is 0 Å². The van der Waals surface area contributed by atoms with Crippen LogP contribution in [-0.4, -0.2) is 23.4 Å². The second-order valence-electron chi connectivity index (χ2n) is 4.37. The first kappa shape index (κ1) is 9.22. The molecule has 13 heavy (non-hydrogen) atoms. The van der Waals surface area contributed by atoms with E-state index in [9.17, 15) is 5.11 Å². The third kappa shape index (κ3) is 1.53. The molecule has 0 unspecified atom stereocenters. The molecular weight excluding hydrogens is 164 g/mol. The topological polar surface area (TPSA) is 32.8 Å². The van der Waals surface area contributed by atoms with Crippen LogP contribution in [0.5, 0.6) is 0 Å². The molecule has 2 rings (SSSR count). The Hall–Kier alpha value is -0.340. The fourth-order valence-corrected chi connectivity index (χ4v) is 2.43. The number of epoxide rings is 1. The molecule has 2 aliphatic rings. The molecule has 1 aliphatic carbocycles. The first-order chi connectivity index (χ1) is 6.18. The summed E-state index contributed by atoms with van der Waals surface area (Å²) in [5.74, 6) is 0.459. The average molecular weight is 182 g/mol. The van der Waals surface area contributed by atoms with Crippen molar-refractivity contribution in [2.75, 3.05) is 6.61 Å². The molecule has 0 radical (unpaired) electrons. The van der Waals surface area contributed by atoms with E-state index in [-0.39, 0.29) is 11.7 Å². The summed E-state index contributed by atoms with van der Waals surface area (Å²) in [6.07, 6.45) is 4.86. The van der Waals surface area contributed by atoms with Gasteiger partial charge < -0.3 is 9.84 Å². The summed E-state index contributed by atoms with van der Waals surface area (Å²) in [6.45, 7) is 5.11. The Balaban J connectivity index is 2.13. The number of hydrogen-bond donors (Lipinski definition) is 1. The van der Waals surface area contributed by atoms with Gasteiger partial charge in [-0.25, -0.2) is 0 Å². The lowest BCUT2D eigenvalue weighted by molar-refractivity contribution is 0.0616. The summed E-state index contributed by atoms with van der Waals surface area (Å²) >= 11 is 0. The van der Waals surface area contributed by atoms with E-state index in [1.807, 2.05) is 0 Å². The summed E-state index contributed by atoms with van der Waals surface area (Å²) in [7, 11) is 0. The van der Waals surface area contributed by atoms with E-state index >= 15 is 0 Å². The standard InChI is InChI=1S/C11H18O2/c1-3-8(2)10-6-9(12)4-5-11(10)7-13-11/h3,9-10,12H,4-7H2,1-2H3/t9-,10+,11-/m0/s1. The van der Waals surface area contributed by atoms with Crippen LogP contribution in [0.1, 0.15) is 33.1 Å². The van der Waals surface area contributed by atoms with Crippen molar-refractivity contribution in [3.05, 3.63) is 11.6 Å². The van der Waals surface area contributed by atoms with Crippen LogP contribution in [0.3, 0.4) is 0 Å². The minimum absolute atomic E-state index is 0.116. The Morgan fingerprint density at radius 3 is 2.85 bits per heavy atom. The second-order valence-corrected chi connectivity index (χ2v) is 4.37. The van der Waals surface area contributed by atoms with Gasteiger partial charge in [0, 0.05) is 5.92 Å².